The molecule has 0 unspecified atom stereocenters. The van der Waals surface area contributed by atoms with Crippen LogP contribution in [0.15, 0.2) is 43.5 Å². The summed E-state index contributed by atoms with van der Waals surface area (Å²) in [6.45, 7) is 8.95. The number of hydrogen-bond acceptors (Lipinski definition) is 6. The maximum absolute atomic E-state index is 11.9. The molecule has 0 aliphatic heterocycles. The van der Waals surface area contributed by atoms with E-state index in [1.807, 2.05) is 0 Å². The highest BCUT2D eigenvalue weighted by atomic mass is 16.3. The fourth-order valence-electron chi connectivity index (χ4n) is 4.36. The van der Waals surface area contributed by atoms with E-state index in [-0.39, 0.29) is 33.2 Å². The monoisotopic (exact) mass is 474 g/mol. The van der Waals surface area contributed by atoms with Crippen molar-refractivity contribution < 1.29 is 19.0 Å². The van der Waals surface area contributed by atoms with Crippen molar-refractivity contribution in [3.63, 3.8) is 0 Å². The first-order valence-electron chi connectivity index (χ1n) is 12.6. The van der Waals surface area contributed by atoms with Crippen molar-refractivity contribution in [3.8, 4) is 11.5 Å². The van der Waals surface area contributed by atoms with E-state index in [1.165, 1.54) is 51.1 Å². The SMILES string of the molecule is CC(C)(CCCCCCCCC(C)(C)CCc1cocc(O)c1=O)CCc1cocc(O)c1=O. The van der Waals surface area contributed by atoms with Gasteiger partial charge in [-0.25, -0.2) is 0 Å². The summed E-state index contributed by atoms with van der Waals surface area (Å²) in [6.07, 6.45) is 17.6. The summed E-state index contributed by atoms with van der Waals surface area (Å²) >= 11 is 0. The van der Waals surface area contributed by atoms with Crippen LogP contribution in [-0.2, 0) is 12.8 Å². The zero-order valence-electron chi connectivity index (χ0n) is 21.3. The summed E-state index contributed by atoms with van der Waals surface area (Å²) in [5.41, 5.74) is 0.733. The Morgan fingerprint density at radius 1 is 0.588 bits per heavy atom. The fraction of sp³-hybridized carbons (Fsp3) is 0.643. The molecular formula is C28H42O6. The third-order valence-corrected chi connectivity index (χ3v) is 6.93. The van der Waals surface area contributed by atoms with Crippen molar-refractivity contribution in [2.75, 3.05) is 0 Å². The van der Waals surface area contributed by atoms with Gasteiger partial charge < -0.3 is 19.0 Å². The zero-order valence-corrected chi connectivity index (χ0v) is 21.3. The van der Waals surface area contributed by atoms with Gasteiger partial charge in [-0.15, -0.1) is 0 Å². The second-order valence-corrected chi connectivity index (χ2v) is 11.2. The van der Waals surface area contributed by atoms with Crippen LogP contribution in [0.5, 0.6) is 11.5 Å². The van der Waals surface area contributed by atoms with Crippen LogP contribution in [0.2, 0.25) is 0 Å². The lowest BCUT2D eigenvalue weighted by molar-refractivity contribution is 0.286. The van der Waals surface area contributed by atoms with Crippen LogP contribution in [-0.4, -0.2) is 10.2 Å². The predicted octanol–water partition coefficient (Wildman–Crippen LogP) is 6.74. The first-order chi connectivity index (χ1) is 16.0. The summed E-state index contributed by atoms with van der Waals surface area (Å²) in [5.74, 6) is -0.634. The Morgan fingerprint density at radius 3 is 1.32 bits per heavy atom. The Morgan fingerprint density at radius 2 is 0.941 bits per heavy atom. The molecule has 0 amide bonds. The van der Waals surface area contributed by atoms with Gasteiger partial charge in [0.2, 0.25) is 10.9 Å². The van der Waals surface area contributed by atoms with Crippen molar-refractivity contribution in [2.45, 2.75) is 105 Å². The Hall–Kier alpha value is -2.50. The first kappa shape index (κ1) is 27.7. The van der Waals surface area contributed by atoms with Crippen LogP contribution >= 0.6 is 0 Å². The fourth-order valence-corrected chi connectivity index (χ4v) is 4.36. The second-order valence-electron chi connectivity index (χ2n) is 11.2. The first-order valence-corrected chi connectivity index (χ1v) is 12.6. The van der Waals surface area contributed by atoms with Gasteiger partial charge >= 0.3 is 0 Å². The van der Waals surface area contributed by atoms with Gasteiger partial charge in [-0.2, -0.15) is 0 Å². The van der Waals surface area contributed by atoms with E-state index < -0.39 is 0 Å². The summed E-state index contributed by atoms with van der Waals surface area (Å²) < 4.78 is 10.0. The van der Waals surface area contributed by atoms with Crippen molar-refractivity contribution in [1.29, 1.82) is 0 Å². The number of unbranched alkanes of at least 4 members (excludes halogenated alkanes) is 5. The van der Waals surface area contributed by atoms with Crippen molar-refractivity contribution >= 4 is 0 Å². The minimum Gasteiger partial charge on any atom is -0.502 e. The van der Waals surface area contributed by atoms with Gasteiger partial charge in [-0.1, -0.05) is 66.2 Å². The molecule has 0 saturated carbocycles. The van der Waals surface area contributed by atoms with Gasteiger partial charge in [0.05, 0.1) is 12.5 Å². The molecular weight excluding hydrogens is 432 g/mol. The lowest BCUT2D eigenvalue weighted by atomic mass is 9.81. The molecule has 0 saturated heterocycles. The quantitative estimate of drug-likeness (QED) is 0.277. The van der Waals surface area contributed by atoms with E-state index in [4.69, 9.17) is 8.83 Å². The molecule has 0 spiro atoms. The molecule has 2 rings (SSSR count). The second kappa shape index (κ2) is 12.8. The van der Waals surface area contributed by atoms with Gasteiger partial charge in [0.1, 0.15) is 12.5 Å². The molecule has 0 radical (unpaired) electrons. The van der Waals surface area contributed by atoms with Crippen molar-refractivity contribution in [3.05, 3.63) is 56.6 Å². The summed E-state index contributed by atoms with van der Waals surface area (Å²) in [5, 5.41) is 19.0. The molecule has 0 aliphatic rings. The predicted molar refractivity (Wildman–Crippen MR) is 134 cm³/mol. The highest BCUT2D eigenvalue weighted by molar-refractivity contribution is 5.21. The summed E-state index contributed by atoms with van der Waals surface area (Å²) in [7, 11) is 0. The highest BCUT2D eigenvalue weighted by Crippen LogP contribution is 2.31. The molecule has 6 nitrogen and oxygen atoms in total. The van der Waals surface area contributed by atoms with Gasteiger partial charge in [-0.05, 0) is 49.4 Å². The molecule has 0 atom stereocenters. The summed E-state index contributed by atoms with van der Waals surface area (Å²) in [6, 6.07) is 0. The van der Waals surface area contributed by atoms with E-state index >= 15 is 0 Å². The van der Waals surface area contributed by atoms with Crippen LogP contribution in [0.3, 0.4) is 0 Å². The number of aryl methyl sites for hydroxylation is 2. The van der Waals surface area contributed by atoms with E-state index in [0.29, 0.717) is 24.0 Å². The number of rotatable bonds is 15. The highest BCUT2D eigenvalue weighted by Gasteiger charge is 2.20. The van der Waals surface area contributed by atoms with E-state index in [0.717, 1.165) is 38.2 Å². The van der Waals surface area contributed by atoms with Crippen LogP contribution < -0.4 is 10.9 Å². The minimum atomic E-state index is -0.324. The molecule has 0 fully saturated rings. The van der Waals surface area contributed by atoms with E-state index in [2.05, 4.69) is 27.7 Å². The molecule has 2 aromatic heterocycles. The third-order valence-electron chi connectivity index (χ3n) is 6.93. The Kier molecular flexibility index (Phi) is 10.5. The molecule has 190 valence electrons. The maximum atomic E-state index is 11.9. The molecule has 34 heavy (non-hydrogen) atoms. The Labute approximate surface area is 203 Å². The average molecular weight is 475 g/mol. The van der Waals surface area contributed by atoms with E-state index in [9.17, 15) is 19.8 Å². The number of hydrogen-bond donors (Lipinski definition) is 2. The van der Waals surface area contributed by atoms with Crippen LogP contribution in [0.4, 0.5) is 0 Å². The average Bonchev–Trinajstić information content (AvgIpc) is 2.77. The Balaban J connectivity index is 1.56. The minimum absolute atomic E-state index is 0.148. The van der Waals surface area contributed by atoms with E-state index in [1.54, 1.807) is 0 Å². The molecule has 0 aromatic carbocycles. The topological polar surface area (TPSA) is 101 Å². The van der Waals surface area contributed by atoms with Crippen LogP contribution in [0.25, 0.3) is 0 Å². The molecule has 0 aliphatic carbocycles. The molecule has 2 aromatic rings. The normalized spacial score (nSPS) is 12.2. The maximum Gasteiger partial charge on any atom is 0.229 e. The van der Waals surface area contributed by atoms with Crippen LogP contribution in [0.1, 0.15) is 103 Å². The smallest absolute Gasteiger partial charge is 0.229 e. The molecule has 0 bridgehead atoms. The lowest BCUT2D eigenvalue weighted by Gasteiger charge is -2.25. The standard InChI is InChI=1S/C28H42O6/c1-27(2,15-11-21-17-33-19-23(29)25(21)31)13-9-7-5-6-8-10-14-28(3,4)16-12-22-18-34-20-24(30)26(22)32/h17-20,29-30H,5-16H2,1-4H3. The third kappa shape index (κ3) is 9.40. The van der Waals surface area contributed by atoms with Crippen LogP contribution in [0, 0.1) is 10.8 Å². The molecule has 6 heteroatoms. The zero-order chi connectivity index (χ0) is 25.2. The largest absolute Gasteiger partial charge is 0.502 e. The van der Waals surface area contributed by atoms with Gasteiger partial charge in [0.15, 0.2) is 11.5 Å². The molecule has 2 N–H and O–H groups in total. The molecule has 2 heterocycles. The van der Waals surface area contributed by atoms with Crippen molar-refractivity contribution in [2.24, 2.45) is 10.8 Å². The van der Waals surface area contributed by atoms with Gasteiger partial charge in [-0.3, -0.25) is 9.59 Å². The van der Waals surface area contributed by atoms with Gasteiger partial charge in [0.25, 0.3) is 0 Å². The van der Waals surface area contributed by atoms with Crippen molar-refractivity contribution in [1.82, 2.24) is 0 Å². The Bertz CT molecular complexity index is 917. The summed E-state index contributed by atoms with van der Waals surface area (Å²) in [4.78, 5) is 23.8. The number of aromatic hydroxyl groups is 2. The lowest BCUT2D eigenvalue weighted by Crippen LogP contribution is -2.16. The van der Waals surface area contributed by atoms with Gasteiger partial charge in [0, 0.05) is 11.1 Å².